The van der Waals surface area contributed by atoms with Crippen LogP contribution in [-0.4, -0.2) is 13.1 Å². The Balaban J connectivity index is 2.83. The van der Waals surface area contributed by atoms with Crippen molar-refractivity contribution in [2.75, 3.05) is 23.7 Å². The first-order chi connectivity index (χ1) is 7.65. The van der Waals surface area contributed by atoms with Gasteiger partial charge in [-0.25, -0.2) is 0 Å². The lowest BCUT2D eigenvalue weighted by atomic mass is 10.1. The van der Waals surface area contributed by atoms with Crippen LogP contribution in [0.4, 0.5) is 11.4 Å². The quantitative estimate of drug-likeness (QED) is 0.771. The van der Waals surface area contributed by atoms with E-state index < -0.39 is 0 Å². The molecule has 0 spiro atoms. The second-order valence-corrected chi connectivity index (χ2v) is 4.31. The first-order valence-corrected chi connectivity index (χ1v) is 5.61. The topological polar surface area (TPSA) is 53.0 Å². The van der Waals surface area contributed by atoms with E-state index >= 15 is 0 Å². The number of hydrogen-bond acceptors (Lipinski definition) is 3. The van der Waals surface area contributed by atoms with Gasteiger partial charge in [0.15, 0.2) is 0 Å². The Hall–Kier alpha value is -1.69. The Labute approximate surface area is 97.5 Å². The molecule has 0 bridgehead atoms. The van der Waals surface area contributed by atoms with E-state index in [4.69, 9.17) is 11.0 Å². The maximum absolute atomic E-state index is 8.66. The molecule has 1 rings (SSSR count). The van der Waals surface area contributed by atoms with Crippen molar-refractivity contribution in [3.05, 3.63) is 24.3 Å². The number of nitrogen functional groups attached to an aromatic ring is 1. The number of nitrogens with two attached hydrogens (primary N) is 1. The van der Waals surface area contributed by atoms with Crippen molar-refractivity contribution in [3.63, 3.8) is 0 Å². The predicted molar refractivity (Wildman–Crippen MR) is 68.1 cm³/mol. The monoisotopic (exact) mass is 217 g/mol. The minimum atomic E-state index is 0.529. The van der Waals surface area contributed by atoms with E-state index in [0.29, 0.717) is 12.3 Å². The van der Waals surface area contributed by atoms with Crippen LogP contribution >= 0.6 is 0 Å². The highest BCUT2D eigenvalue weighted by Crippen LogP contribution is 2.23. The minimum absolute atomic E-state index is 0.529. The molecule has 1 aromatic rings. The van der Waals surface area contributed by atoms with Crippen LogP contribution in [0, 0.1) is 17.2 Å². The predicted octanol–water partition coefficient (Wildman–Crippen LogP) is 2.64. The van der Waals surface area contributed by atoms with Gasteiger partial charge in [0.25, 0.3) is 0 Å². The van der Waals surface area contributed by atoms with Gasteiger partial charge in [-0.15, -0.1) is 0 Å². The largest absolute Gasteiger partial charge is 0.397 e. The number of anilines is 2. The molecular formula is C13H19N3. The molecule has 3 heteroatoms. The van der Waals surface area contributed by atoms with E-state index in [1.807, 2.05) is 24.3 Å². The van der Waals surface area contributed by atoms with Gasteiger partial charge in [-0.2, -0.15) is 5.26 Å². The van der Waals surface area contributed by atoms with E-state index in [1.54, 1.807) is 0 Å². The summed E-state index contributed by atoms with van der Waals surface area (Å²) in [6, 6.07) is 9.99. The lowest BCUT2D eigenvalue weighted by molar-refractivity contribution is 0.612. The third-order valence-corrected chi connectivity index (χ3v) is 2.36. The van der Waals surface area contributed by atoms with Gasteiger partial charge in [0, 0.05) is 13.1 Å². The van der Waals surface area contributed by atoms with Crippen LogP contribution in [0.2, 0.25) is 0 Å². The maximum Gasteiger partial charge on any atom is 0.0640 e. The van der Waals surface area contributed by atoms with Crippen molar-refractivity contribution in [2.24, 2.45) is 5.92 Å². The zero-order valence-corrected chi connectivity index (χ0v) is 9.98. The number of nitriles is 1. The molecule has 2 N–H and O–H groups in total. The van der Waals surface area contributed by atoms with Crippen LogP contribution in [0.3, 0.4) is 0 Å². The lowest BCUT2D eigenvalue weighted by Crippen LogP contribution is -2.29. The van der Waals surface area contributed by atoms with Crippen molar-refractivity contribution in [1.29, 1.82) is 5.26 Å². The molecule has 16 heavy (non-hydrogen) atoms. The maximum atomic E-state index is 8.66. The molecule has 0 aliphatic rings. The standard InChI is InChI=1S/C13H19N3/c1-11(2)10-16(9-5-8-14)13-7-4-3-6-12(13)15/h3-4,6-7,11H,5,9-10,15H2,1-2H3. The van der Waals surface area contributed by atoms with Crippen molar-refractivity contribution in [2.45, 2.75) is 20.3 Å². The van der Waals surface area contributed by atoms with E-state index in [0.717, 1.165) is 24.5 Å². The summed E-state index contributed by atoms with van der Waals surface area (Å²) in [5.74, 6) is 0.554. The van der Waals surface area contributed by atoms with Gasteiger partial charge < -0.3 is 10.6 Å². The van der Waals surface area contributed by atoms with Gasteiger partial charge in [0.2, 0.25) is 0 Å². The molecule has 1 aromatic carbocycles. The fourth-order valence-corrected chi connectivity index (χ4v) is 1.71. The molecule has 0 saturated carbocycles. The van der Waals surface area contributed by atoms with E-state index in [1.165, 1.54) is 0 Å². The summed E-state index contributed by atoms with van der Waals surface area (Å²) in [5.41, 5.74) is 7.76. The van der Waals surface area contributed by atoms with Crippen LogP contribution in [-0.2, 0) is 0 Å². The number of benzene rings is 1. The van der Waals surface area contributed by atoms with Crippen molar-refractivity contribution < 1.29 is 0 Å². The molecule has 0 aromatic heterocycles. The number of nitrogens with zero attached hydrogens (tertiary/aromatic N) is 2. The average molecular weight is 217 g/mol. The van der Waals surface area contributed by atoms with Gasteiger partial charge in [0.1, 0.15) is 0 Å². The van der Waals surface area contributed by atoms with E-state index in [-0.39, 0.29) is 0 Å². The van der Waals surface area contributed by atoms with Gasteiger partial charge in [-0.1, -0.05) is 26.0 Å². The smallest absolute Gasteiger partial charge is 0.0640 e. The summed E-state index contributed by atoms with van der Waals surface area (Å²) in [5, 5.41) is 8.66. The summed E-state index contributed by atoms with van der Waals surface area (Å²) in [6.45, 7) is 6.00. The Morgan fingerprint density at radius 1 is 1.38 bits per heavy atom. The Bertz CT molecular complexity index is 366. The van der Waals surface area contributed by atoms with Gasteiger partial charge in [0.05, 0.1) is 23.9 Å². The molecule has 0 unspecified atom stereocenters. The summed E-state index contributed by atoms with van der Waals surface area (Å²) >= 11 is 0. The molecule has 0 fully saturated rings. The Morgan fingerprint density at radius 2 is 2.06 bits per heavy atom. The van der Waals surface area contributed by atoms with Gasteiger partial charge in [-0.05, 0) is 18.1 Å². The first kappa shape index (κ1) is 12.4. The molecule has 86 valence electrons. The summed E-state index contributed by atoms with van der Waals surface area (Å²) in [4.78, 5) is 2.18. The highest BCUT2D eigenvalue weighted by Gasteiger charge is 2.10. The molecule has 0 aliphatic carbocycles. The number of hydrogen-bond donors (Lipinski definition) is 1. The Kier molecular flexibility index (Phi) is 4.65. The van der Waals surface area contributed by atoms with E-state index in [2.05, 4.69) is 24.8 Å². The second-order valence-electron chi connectivity index (χ2n) is 4.31. The highest BCUT2D eigenvalue weighted by atomic mass is 15.1. The van der Waals surface area contributed by atoms with E-state index in [9.17, 15) is 0 Å². The van der Waals surface area contributed by atoms with Crippen molar-refractivity contribution in [1.82, 2.24) is 0 Å². The van der Waals surface area contributed by atoms with Crippen LogP contribution in [0.5, 0.6) is 0 Å². The Morgan fingerprint density at radius 3 is 2.62 bits per heavy atom. The third-order valence-electron chi connectivity index (χ3n) is 2.36. The summed E-state index contributed by atoms with van der Waals surface area (Å²) in [6.07, 6.45) is 0.529. The average Bonchev–Trinajstić information content (AvgIpc) is 2.24. The molecule has 0 amide bonds. The highest BCUT2D eigenvalue weighted by molar-refractivity contribution is 5.67. The second kappa shape index (κ2) is 6.02. The fourth-order valence-electron chi connectivity index (χ4n) is 1.71. The normalized spacial score (nSPS) is 10.1. The lowest BCUT2D eigenvalue weighted by Gasteiger charge is -2.27. The van der Waals surface area contributed by atoms with Crippen molar-refractivity contribution in [3.8, 4) is 6.07 Å². The van der Waals surface area contributed by atoms with Crippen LogP contribution in [0.1, 0.15) is 20.3 Å². The molecular weight excluding hydrogens is 198 g/mol. The number of rotatable bonds is 5. The number of para-hydroxylation sites is 2. The zero-order valence-electron chi connectivity index (χ0n) is 9.98. The van der Waals surface area contributed by atoms with Gasteiger partial charge >= 0.3 is 0 Å². The first-order valence-electron chi connectivity index (χ1n) is 5.61. The molecule has 0 radical (unpaired) electrons. The third kappa shape index (κ3) is 3.47. The van der Waals surface area contributed by atoms with Crippen LogP contribution in [0.25, 0.3) is 0 Å². The molecule has 0 atom stereocenters. The van der Waals surface area contributed by atoms with Crippen molar-refractivity contribution >= 4 is 11.4 Å². The summed E-state index contributed by atoms with van der Waals surface area (Å²) in [7, 11) is 0. The van der Waals surface area contributed by atoms with Gasteiger partial charge in [-0.3, -0.25) is 0 Å². The SMILES string of the molecule is CC(C)CN(CCC#N)c1ccccc1N. The molecule has 3 nitrogen and oxygen atoms in total. The molecule has 0 saturated heterocycles. The minimum Gasteiger partial charge on any atom is -0.397 e. The van der Waals surface area contributed by atoms with Crippen LogP contribution in [0.15, 0.2) is 24.3 Å². The fraction of sp³-hybridized carbons (Fsp3) is 0.462. The molecule has 0 heterocycles. The molecule has 0 aliphatic heterocycles. The van der Waals surface area contributed by atoms with Crippen LogP contribution < -0.4 is 10.6 Å². The summed E-state index contributed by atoms with van der Waals surface area (Å²) < 4.78 is 0. The zero-order chi connectivity index (χ0) is 12.0.